The van der Waals surface area contributed by atoms with Gasteiger partial charge in [0.25, 0.3) is 0 Å². The molecule has 0 spiro atoms. The zero-order chi connectivity index (χ0) is 15.1. The lowest BCUT2D eigenvalue weighted by Crippen LogP contribution is -2.40. The highest BCUT2D eigenvalue weighted by Gasteiger charge is 2.32. The lowest BCUT2D eigenvalue weighted by atomic mass is 9.98. The number of likely N-dealkylation sites (N-methyl/N-ethyl adjacent to an activating group) is 1. The topological polar surface area (TPSA) is 44.4 Å². The summed E-state index contributed by atoms with van der Waals surface area (Å²) in [6.45, 7) is 6.60. The number of anilines is 2. The molecule has 0 saturated heterocycles. The Balaban J connectivity index is 2.45. The van der Waals surface area contributed by atoms with Gasteiger partial charge >= 0.3 is 0 Å². The van der Waals surface area contributed by atoms with Crippen molar-refractivity contribution in [1.82, 2.24) is 5.32 Å². The number of amides is 1. The van der Waals surface area contributed by atoms with Crippen molar-refractivity contribution in [2.24, 2.45) is 0 Å². The van der Waals surface area contributed by atoms with Crippen LogP contribution in [0.4, 0.5) is 11.4 Å². The van der Waals surface area contributed by atoms with Crippen LogP contribution in [0.15, 0.2) is 16.6 Å². The first-order valence-electron chi connectivity index (χ1n) is 6.87. The predicted octanol–water partition coefficient (Wildman–Crippen LogP) is 3.29. The van der Waals surface area contributed by atoms with Crippen LogP contribution in [-0.2, 0) is 4.79 Å². The number of hydrogen-bond acceptors (Lipinski definition) is 3. The summed E-state index contributed by atoms with van der Waals surface area (Å²) in [5.41, 5.74) is 3.04. The molecule has 0 fully saturated rings. The molecule has 0 bridgehead atoms. The van der Waals surface area contributed by atoms with Crippen LogP contribution in [0.5, 0.6) is 0 Å². The summed E-state index contributed by atoms with van der Waals surface area (Å²) in [5, 5.41) is 5.98. The summed E-state index contributed by atoms with van der Waals surface area (Å²) in [6, 6.07) is 3.82. The minimum absolute atomic E-state index is 0.00366. The number of hydrogen-bond donors (Lipinski definition) is 2. The maximum absolute atomic E-state index is 11.9. The molecule has 1 heterocycles. The summed E-state index contributed by atoms with van der Waals surface area (Å²) in [6.07, 6.45) is 1.04. The molecule has 1 atom stereocenters. The van der Waals surface area contributed by atoms with Gasteiger partial charge < -0.3 is 15.5 Å². The summed E-state index contributed by atoms with van der Waals surface area (Å²) in [7, 11) is 3.88. The van der Waals surface area contributed by atoms with Crippen LogP contribution >= 0.6 is 15.9 Å². The van der Waals surface area contributed by atoms with Crippen LogP contribution in [0, 0.1) is 0 Å². The summed E-state index contributed by atoms with van der Waals surface area (Å²) in [4.78, 5) is 14.2. The number of fused-ring (bicyclic) bond motifs is 1. The zero-order valence-corrected chi connectivity index (χ0v) is 14.3. The Morgan fingerprint density at radius 1 is 1.45 bits per heavy atom. The molecule has 2 rings (SSSR count). The first kappa shape index (κ1) is 15.3. The number of nitrogens with one attached hydrogen (secondary N) is 2. The fraction of sp³-hybridized carbons (Fsp3) is 0.533. The molecule has 1 unspecified atom stereocenters. The second-order valence-corrected chi connectivity index (χ2v) is 6.68. The van der Waals surface area contributed by atoms with Gasteiger partial charge in [0.15, 0.2) is 0 Å². The fourth-order valence-corrected chi connectivity index (χ4v) is 3.00. The van der Waals surface area contributed by atoms with E-state index in [1.807, 2.05) is 12.1 Å². The first-order valence-corrected chi connectivity index (χ1v) is 7.66. The summed E-state index contributed by atoms with van der Waals surface area (Å²) < 4.78 is 1.01. The van der Waals surface area contributed by atoms with Gasteiger partial charge in [-0.25, -0.2) is 0 Å². The average molecular weight is 340 g/mol. The van der Waals surface area contributed by atoms with Crippen molar-refractivity contribution < 1.29 is 4.79 Å². The minimum Gasteiger partial charge on any atom is -0.369 e. The number of rotatable bonds is 4. The van der Waals surface area contributed by atoms with Crippen LogP contribution in [0.1, 0.15) is 38.8 Å². The highest BCUT2D eigenvalue weighted by molar-refractivity contribution is 9.10. The molecule has 1 amide bonds. The largest absolute Gasteiger partial charge is 0.369 e. The highest BCUT2D eigenvalue weighted by atomic mass is 79.9. The van der Waals surface area contributed by atoms with E-state index in [4.69, 9.17) is 0 Å². The molecule has 2 N–H and O–H groups in total. The molecule has 1 aromatic carbocycles. The lowest BCUT2D eigenvalue weighted by molar-refractivity contribution is -0.117. The van der Waals surface area contributed by atoms with Gasteiger partial charge in [-0.1, -0.05) is 6.92 Å². The van der Waals surface area contributed by atoms with Crippen molar-refractivity contribution in [3.05, 3.63) is 22.2 Å². The highest BCUT2D eigenvalue weighted by Crippen LogP contribution is 2.40. The van der Waals surface area contributed by atoms with Gasteiger partial charge in [-0.15, -0.1) is 0 Å². The molecular formula is C15H22BrN3O. The minimum atomic E-state index is -0.264. The Hall–Kier alpha value is -1.07. The van der Waals surface area contributed by atoms with E-state index in [1.165, 1.54) is 0 Å². The molecule has 0 aromatic heterocycles. The van der Waals surface area contributed by atoms with Crippen LogP contribution in [0.3, 0.4) is 0 Å². The zero-order valence-electron chi connectivity index (χ0n) is 12.7. The van der Waals surface area contributed by atoms with Crippen molar-refractivity contribution in [3.63, 3.8) is 0 Å². The third-order valence-electron chi connectivity index (χ3n) is 4.37. The van der Waals surface area contributed by atoms with E-state index in [0.29, 0.717) is 0 Å². The number of nitrogens with zero attached hydrogens (tertiary/aromatic N) is 1. The molecule has 1 aromatic rings. The maximum atomic E-state index is 11.9. The van der Waals surface area contributed by atoms with Gasteiger partial charge in [-0.05, 0) is 55.4 Å². The standard InChI is InChI=1S/C15H22BrN3O/c1-6-15(2,3)19(5)12-8-11-9(7-10(12)16)13(17-4)14(20)18-11/h7-8,13,17H,6H2,1-5H3,(H,18,20). The van der Waals surface area contributed by atoms with E-state index in [9.17, 15) is 4.79 Å². The van der Waals surface area contributed by atoms with Crippen LogP contribution in [-0.4, -0.2) is 25.5 Å². The van der Waals surface area contributed by atoms with Gasteiger partial charge in [0.2, 0.25) is 5.91 Å². The smallest absolute Gasteiger partial charge is 0.246 e. The SMILES string of the molecule is CCC(C)(C)N(C)c1cc2c(cc1Br)C(NC)C(=O)N2. The van der Waals surface area contributed by atoms with Crippen molar-refractivity contribution in [2.45, 2.75) is 38.8 Å². The summed E-state index contributed by atoms with van der Waals surface area (Å²) >= 11 is 3.64. The van der Waals surface area contributed by atoms with Crippen molar-refractivity contribution in [2.75, 3.05) is 24.3 Å². The number of carbonyl (C=O) groups is 1. The van der Waals surface area contributed by atoms with Crippen molar-refractivity contribution >= 4 is 33.2 Å². The Bertz CT molecular complexity index is 542. The Labute approximate surface area is 129 Å². The molecule has 110 valence electrons. The van der Waals surface area contributed by atoms with E-state index in [2.05, 4.69) is 59.3 Å². The summed E-state index contributed by atoms with van der Waals surface area (Å²) in [5.74, 6) is 0.00366. The molecule has 0 saturated carbocycles. The number of carbonyl (C=O) groups excluding carboxylic acids is 1. The molecular weight excluding hydrogens is 318 g/mol. The van der Waals surface area contributed by atoms with Gasteiger partial charge in [-0.3, -0.25) is 4.79 Å². The first-order chi connectivity index (χ1) is 9.31. The monoisotopic (exact) mass is 339 g/mol. The molecule has 0 radical (unpaired) electrons. The fourth-order valence-electron chi connectivity index (χ4n) is 2.38. The number of benzene rings is 1. The van der Waals surface area contributed by atoms with E-state index >= 15 is 0 Å². The van der Waals surface area contributed by atoms with Crippen molar-refractivity contribution in [1.29, 1.82) is 0 Å². The maximum Gasteiger partial charge on any atom is 0.246 e. The van der Waals surface area contributed by atoms with E-state index < -0.39 is 0 Å². The normalized spacial score (nSPS) is 17.9. The number of halogens is 1. The molecule has 20 heavy (non-hydrogen) atoms. The van der Waals surface area contributed by atoms with E-state index in [0.717, 1.165) is 27.8 Å². The Kier molecular flexibility index (Phi) is 4.12. The molecule has 5 heteroatoms. The van der Waals surface area contributed by atoms with Crippen LogP contribution in [0.25, 0.3) is 0 Å². The van der Waals surface area contributed by atoms with Gasteiger partial charge in [0.05, 0.1) is 5.69 Å². The van der Waals surface area contributed by atoms with Crippen LogP contribution in [0.2, 0.25) is 0 Å². The van der Waals surface area contributed by atoms with E-state index in [-0.39, 0.29) is 17.5 Å². The second kappa shape index (κ2) is 5.37. The van der Waals surface area contributed by atoms with Crippen LogP contribution < -0.4 is 15.5 Å². The Morgan fingerprint density at radius 2 is 2.10 bits per heavy atom. The van der Waals surface area contributed by atoms with Gasteiger partial charge in [0.1, 0.15) is 6.04 Å². The van der Waals surface area contributed by atoms with Gasteiger partial charge in [-0.2, -0.15) is 0 Å². The molecule has 1 aliphatic heterocycles. The van der Waals surface area contributed by atoms with Crippen molar-refractivity contribution in [3.8, 4) is 0 Å². The molecule has 4 nitrogen and oxygen atoms in total. The third kappa shape index (κ3) is 2.44. The lowest BCUT2D eigenvalue weighted by Gasteiger charge is -2.37. The predicted molar refractivity (Wildman–Crippen MR) is 87.3 cm³/mol. The Morgan fingerprint density at radius 3 is 2.65 bits per heavy atom. The molecule has 1 aliphatic rings. The van der Waals surface area contributed by atoms with E-state index in [1.54, 1.807) is 7.05 Å². The van der Waals surface area contributed by atoms with Gasteiger partial charge in [0, 0.05) is 28.3 Å². The molecule has 0 aliphatic carbocycles. The quantitative estimate of drug-likeness (QED) is 0.884. The third-order valence-corrected chi connectivity index (χ3v) is 5.01. The second-order valence-electron chi connectivity index (χ2n) is 5.83. The average Bonchev–Trinajstić information content (AvgIpc) is 2.71.